The Morgan fingerprint density at radius 3 is 1.22 bits per heavy atom. The molecule has 46 heavy (non-hydrogen) atoms. The van der Waals surface area contributed by atoms with Gasteiger partial charge in [-0.15, -0.1) is 0 Å². The van der Waals surface area contributed by atoms with Crippen molar-refractivity contribution in [1.29, 1.82) is 0 Å². The zero-order valence-electron chi connectivity index (χ0n) is 26.6. The van der Waals surface area contributed by atoms with Crippen molar-refractivity contribution >= 4 is 22.7 Å². The number of benzene rings is 5. The summed E-state index contributed by atoms with van der Waals surface area (Å²) in [5, 5.41) is 0. The summed E-state index contributed by atoms with van der Waals surface area (Å²) in [5.41, 5.74) is 5.82. The lowest BCUT2D eigenvalue weighted by Gasteiger charge is -2.46. The van der Waals surface area contributed by atoms with Crippen LogP contribution >= 0.6 is 0 Å². The maximum atomic E-state index is 5.51. The Morgan fingerprint density at radius 1 is 0.478 bits per heavy atom. The van der Waals surface area contributed by atoms with Crippen molar-refractivity contribution in [3.8, 4) is 23.0 Å². The number of ether oxygens (including phenoxy) is 4. The van der Waals surface area contributed by atoms with E-state index < -0.39 is 5.54 Å². The average Bonchev–Trinajstić information content (AvgIpc) is 3.14. The maximum absolute atomic E-state index is 5.51. The van der Waals surface area contributed by atoms with Crippen LogP contribution in [0.3, 0.4) is 0 Å². The van der Waals surface area contributed by atoms with Crippen LogP contribution in [0.4, 0.5) is 22.7 Å². The Kier molecular flexibility index (Phi) is 8.97. The molecule has 0 amide bonds. The first-order valence-electron chi connectivity index (χ1n) is 15.2. The largest absolute Gasteiger partial charge is 0.497 e. The van der Waals surface area contributed by atoms with E-state index in [9.17, 15) is 0 Å². The SMILES string of the molecule is COc1ccc(N(C2=CCC(c3ccccc3)(N(c3ccc(OC)cc3)c3ccc(OC)cc3)C=C2)c2ccc(OC)cc2)cc1. The Bertz CT molecular complexity index is 1690. The topological polar surface area (TPSA) is 43.4 Å². The van der Waals surface area contributed by atoms with E-state index in [4.69, 9.17) is 18.9 Å². The fraction of sp³-hybridized carbons (Fsp3) is 0.150. The van der Waals surface area contributed by atoms with Gasteiger partial charge in [0.05, 0.1) is 34.0 Å². The summed E-state index contributed by atoms with van der Waals surface area (Å²) in [7, 11) is 6.75. The highest BCUT2D eigenvalue weighted by atomic mass is 16.5. The summed E-state index contributed by atoms with van der Waals surface area (Å²) in [6.45, 7) is 0. The minimum Gasteiger partial charge on any atom is -0.497 e. The molecule has 6 rings (SSSR count). The summed E-state index contributed by atoms with van der Waals surface area (Å²) in [6, 6.07) is 43.4. The molecule has 0 aromatic heterocycles. The molecular formula is C40H38N2O4. The Hall–Kier alpha value is -5.62. The molecule has 1 atom stereocenters. The van der Waals surface area contributed by atoms with E-state index in [1.807, 2.05) is 48.5 Å². The van der Waals surface area contributed by atoms with Crippen LogP contribution in [0.5, 0.6) is 23.0 Å². The number of methoxy groups -OCH3 is 4. The molecule has 1 aliphatic rings. The van der Waals surface area contributed by atoms with E-state index in [-0.39, 0.29) is 0 Å². The molecule has 0 aliphatic heterocycles. The lowest BCUT2D eigenvalue weighted by atomic mass is 9.80. The van der Waals surface area contributed by atoms with Gasteiger partial charge < -0.3 is 28.7 Å². The summed E-state index contributed by atoms with van der Waals surface area (Å²) in [4.78, 5) is 4.66. The van der Waals surface area contributed by atoms with Gasteiger partial charge in [-0.25, -0.2) is 0 Å². The van der Waals surface area contributed by atoms with E-state index in [1.165, 1.54) is 5.56 Å². The molecular weight excluding hydrogens is 572 g/mol. The van der Waals surface area contributed by atoms with Crippen LogP contribution in [-0.2, 0) is 5.54 Å². The minimum atomic E-state index is -0.542. The number of hydrogen-bond acceptors (Lipinski definition) is 6. The number of nitrogens with zero attached hydrogens (tertiary/aromatic N) is 2. The van der Waals surface area contributed by atoms with E-state index in [0.717, 1.165) is 51.4 Å². The van der Waals surface area contributed by atoms with Gasteiger partial charge in [0.2, 0.25) is 0 Å². The molecule has 0 N–H and O–H groups in total. The van der Waals surface area contributed by atoms with Gasteiger partial charge in [-0.1, -0.05) is 42.5 Å². The second-order valence-corrected chi connectivity index (χ2v) is 10.9. The zero-order chi connectivity index (χ0) is 31.9. The molecule has 1 unspecified atom stereocenters. The standard InChI is InChI=1S/C40H38N2O4/c1-43-36-18-10-31(11-19-36)41(32-12-20-37(44-2)21-13-32)33-26-28-40(29-27-33,30-8-6-5-7-9-30)42(34-14-22-38(45-3)23-15-34)35-16-24-39(46-4)25-17-35/h5-28H,29H2,1-4H3. The predicted octanol–water partition coefficient (Wildman–Crippen LogP) is 9.44. The Balaban J connectivity index is 1.49. The lowest BCUT2D eigenvalue weighted by Crippen LogP contribution is -2.43. The third-order valence-electron chi connectivity index (χ3n) is 8.41. The number of allylic oxidation sites excluding steroid dienone is 1. The van der Waals surface area contributed by atoms with Crippen LogP contribution in [0.1, 0.15) is 12.0 Å². The molecule has 1 aliphatic carbocycles. The average molecular weight is 611 g/mol. The summed E-state index contributed by atoms with van der Waals surface area (Å²) >= 11 is 0. The molecule has 0 saturated heterocycles. The first kappa shape index (κ1) is 30.4. The van der Waals surface area contributed by atoms with E-state index >= 15 is 0 Å². The highest BCUT2D eigenvalue weighted by Crippen LogP contribution is 2.47. The summed E-state index contributed by atoms with van der Waals surface area (Å²) in [5.74, 6) is 3.24. The van der Waals surface area contributed by atoms with Crippen molar-refractivity contribution in [3.63, 3.8) is 0 Å². The molecule has 6 heteroatoms. The number of hydrogen-bond donors (Lipinski definition) is 0. The fourth-order valence-electron chi connectivity index (χ4n) is 6.00. The second-order valence-electron chi connectivity index (χ2n) is 10.9. The van der Waals surface area contributed by atoms with E-state index in [0.29, 0.717) is 6.42 Å². The molecule has 0 spiro atoms. The van der Waals surface area contributed by atoms with Gasteiger partial charge in [-0.3, -0.25) is 0 Å². The first-order chi connectivity index (χ1) is 22.6. The summed E-state index contributed by atoms with van der Waals surface area (Å²) in [6.07, 6.45) is 7.57. The molecule has 0 saturated carbocycles. The van der Waals surface area contributed by atoms with Crippen LogP contribution in [0.25, 0.3) is 0 Å². The second kappa shape index (κ2) is 13.6. The van der Waals surface area contributed by atoms with Gasteiger partial charge in [-0.05, 0) is 115 Å². The molecule has 5 aromatic carbocycles. The molecule has 5 aromatic rings. The smallest absolute Gasteiger partial charge is 0.119 e. The van der Waals surface area contributed by atoms with Gasteiger partial charge in [0.25, 0.3) is 0 Å². The molecule has 0 heterocycles. The Morgan fingerprint density at radius 2 is 0.870 bits per heavy atom. The lowest BCUT2D eigenvalue weighted by molar-refractivity contribution is 0.414. The highest BCUT2D eigenvalue weighted by molar-refractivity contribution is 5.74. The van der Waals surface area contributed by atoms with E-state index in [1.54, 1.807) is 28.4 Å². The predicted molar refractivity (Wildman–Crippen MR) is 186 cm³/mol. The van der Waals surface area contributed by atoms with Gasteiger partial charge >= 0.3 is 0 Å². The summed E-state index contributed by atoms with van der Waals surface area (Å²) < 4.78 is 22.0. The fourth-order valence-corrected chi connectivity index (χ4v) is 6.00. The van der Waals surface area contributed by atoms with Crippen molar-refractivity contribution in [2.45, 2.75) is 12.0 Å². The van der Waals surface area contributed by atoms with Gasteiger partial charge in [0.15, 0.2) is 0 Å². The minimum absolute atomic E-state index is 0.542. The number of rotatable bonds is 11. The van der Waals surface area contributed by atoms with Gasteiger partial charge in [0, 0.05) is 28.4 Å². The van der Waals surface area contributed by atoms with Gasteiger partial charge in [0.1, 0.15) is 23.0 Å². The molecule has 0 radical (unpaired) electrons. The van der Waals surface area contributed by atoms with Crippen LogP contribution in [0.15, 0.2) is 151 Å². The van der Waals surface area contributed by atoms with Crippen molar-refractivity contribution < 1.29 is 18.9 Å². The molecule has 232 valence electrons. The number of anilines is 4. The van der Waals surface area contributed by atoms with Crippen LogP contribution in [0.2, 0.25) is 0 Å². The normalized spacial score (nSPS) is 15.4. The van der Waals surface area contributed by atoms with Crippen LogP contribution in [-0.4, -0.2) is 28.4 Å². The zero-order valence-corrected chi connectivity index (χ0v) is 26.6. The van der Waals surface area contributed by atoms with Crippen molar-refractivity contribution in [3.05, 3.63) is 157 Å². The van der Waals surface area contributed by atoms with Crippen molar-refractivity contribution in [2.75, 3.05) is 38.2 Å². The molecule has 6 nitrogen and oxygen atoms in total. The maximum Gasteiger partial charge on any atom is 0.119 e. The van der Waals surface area contributed by atoms with Crippen LogP contribution in [0, 0.1) is 0 Å². The highest BCUT2D eigenvalue weighted by Gasteiger charge is 2.39. The van der Waals surface area contributed by atoms with Crippen LogP contribution < -0.4 is 28.7 Å². The monoisotopic (exact) mass is 610 g/mol. The molecule has 0 fully saturated rings. The van der Waals surface area contributed by atoms with Crippen molar-refractivity contribution in [1.82, 2.24) is 0 Å². The van der Waals surface area contributed by atoms with Crippen molar-refractivity contribution in [2.24, 2.45) is 0 Å². The third kappa shape index (κ3) is 6.02. The Labute approximate surface area is 271 Å². The third-order valence-corrected chi connectivity index (χ3v) is 8.41. The quantitative estimate of drug-likeness (QED) is 0.148. The van der Waals surface area contributed by atoms with Gasteiger partial charge in [-0.2, -0.15) is 0 Å². The van der Waals surface area contributed by atoms with E-state index in [2.05, 4.69) is 107 Å². The molecule has 0 bridgehead atoms. The first-order valence-corrected chi connectivity index (χ1v) is 15.2.